The van der Waals surface area contributed by atoms with Crippen LogP contribution >= 0.6 is 0 Å². The van der Waals surface area contributed by atoms with Crippen LogP contribution in [0.2, 0.25) is 0 Å². The van der Waals surface area contributed by atoms with E-state index in [4.69, 9.17) is 13.9 Å². The molecule has 0 atom stereocenters. The fourth-order valence-corrected chi connectivity index (χ4v) is 4.34. The Morgan fingerprint density at radius 2 is 1.70 bits per heavy atom. The van der Waals surface area contributed by atoms with Gasteiger partial charge < -0.3 is 24.1 Å². The Labute approximate surface area is 213 Å². The normalized spacial score (nSPS) is 12.3. The van der Waals surface area contributed by atoms with Crippen LogP contribution in [0.5, 0.6) is 11.5 Å². The van der Waals surface area contributed by atoms with Crippen LogP contribution in [-0.2, 0) is 4.79 Å². The standard InChI is InChI=1S/C29H26N2O6/c1-3-31(17-25(32)30-20-12-13-23-24(16-20)36-15-14-35-23)29(34)22-11-7-10-21-26(33)18(2)27(37-28(21)22)19-8-5-4-6-9-19/h4-13,16H,3,14-15,17H2,1-2H3,(H,30,32). The minimum Gasteiger partial charge on any atom is -0.486 e. The molecule has 1 N–H and O–H groups in total. The van der Waals surface area contributed by atoms with Crippen molar-refractivity contribution in [3.05, 3.63) is 88.1 Å². The lowest BCUT2D eigenvalue weighted by Gasteiger charge is -2.22. The molecule has 0 bridgehead atoms. The van der Waals surface area contributed by atoms with Crippen molar-refractivity contribution in [3.63, 3.8) is 0 Å². The van der Waals surface area contributed by atoms with Crippen molar-refractivity contribution >= 4 is 28.5 Å². The maximum atomic E-state index is 13.6. The second-order valence-electron chi connectivity index (χ2n) is 8.66. The topological polar surface area (TPSA) is 98.1 Å². The summed E-state index contributed by atoms with van der Waals surface area (Å²) in [6.45, 7) is 4.52. The quantitative estimate of drug-likeness (QED) is 0.416. The Morgan fingerprint density at radius 3 is 2.46 bits per heavy atom. The molecule has 0 unspecified atom stereocenters. The number of nitrogens with zero attached hydrogens (tertiary/aromatic N) is 1. The van der Waals surface area contributed by atoms with Crippen molar-refractivity contribution in [2.45, 2.75) is 13.8 Å². The van der Waals surface area contributed by atoms with Gasteiger partial charge in [-0.2, -0.15) is 0 Å². The zero-order valence-corrected chi connectivity index (χ0v) is 20.6. The van der Waals surface area contributed by atoms with Crippen LogP contribution in [0.1, 0.15) is 22.8 Å². The number of anilines is 1. The van der Waals surface area contributed by atoms with Crippen LogP contribution < -0.4 is 20.2 Å². The predicted molar refractivity (Wildman–Crippen MR) is 140 cm³/mol. The van der Waals surface area contributed by atoms with E-state index in [-0.39, 0.29) is 35.6 Å². The monoisotopic (exact) mass is 498 g/mol. The molecule has 1 aliphatic heterocycles. The Balaban J connectivity index is 1.42. The Hall–Kier alpha value is -4.59. The predicted octanol–water partition coefficient (Wildman–Crippen LogP) is 4.64. The first kappa shape index (κ1) is 24.1. The highest BCUT2D eigenvalue weighted by Gasteiger charge is 2.23. The van der Waals surface area contributed by atoms with Gasteiger partial charge in [0, 0.05) is 29.4 Å². The lowest BCUT2D eigenvalue weighted by atomic mass is 10.0. The molecule has 4 aromatic rings. The van der Waals surface area contributed by atoms with Crippen LogP contribution in [0.25, 0.3) is 22.3 Å². The molecule has 37 heavy (non-hydrogen) atoms. The van der Waals surface area contributed by atoms with E-state index in [1.165, 1.54) is 4.90 Å². The number of benzene rings is 3. The third-order valence-corrected chi connectivity index (χ3v) is 6.24. The van der Waals surface area contributed by atoms with E-state index in [0.717, 1.165) is 5.56 Å². The number of likely N-dealkylation sites (N-methyl/N-ethyl adjacent to an activating group) is 1. The molecule has 0 radical (unpaired) electrons. The second-order valence-corrected chi connectivity index (χ2v) is 8.66. The van der Waals surface area contributed by atoms with Crippen LogP contribution in [0.3, 0.4) is 0 Å². The van der Waals surface area contributed by atoms with Gasteiger partial charge in [0.1, 0.15) is 25.5 Å². The first-order valence-corrected chi connectivity index (χ1v) is 12.1. The zero-order valence-electron chi connectivity index (χ0n) is 20.6. The number of amides is 2. The fourth-order valence-electron chi connectivity index (χ4n) is 4.34. The molecule has 188 valence electrons. The average Bonchev–Trinajstić information content (AvgIpc) is 2.93. The summed E-state index contributed by atoms with van der Waals surface area (Å²) in [6.07, 6.45) is 0. The Kier molecular flexibility index (Phi) is 6.64. The molecule has 0 saturated carbocycles. The average molecular weight is 499 g/mol. The number of carbonyl (C=O) groups excluding carboxylic acids is 2. The number of ether oxygens (including phenoxy) is 2. The van der Waals surface area contributed by atoms with Crippen molar-refractivity contribution in [1.82, 2.24) is 4.90 Å². The molecular formula is C29H26N2O6. The number of fused-ring (bicyclic) bond motifs is 2. The summed E-state index contributed by atoms with van der Waals surface area (Å²) in [5, 5.41) is 3.12. The van der Waals surface area contributed by atoms with Crippen molar-refractivity contribution in [1.29, 1.82) is 0 Å². The van der Waals surface area contributed by atoms with E-state index in [2.05, 4.69) is 5.32 Å². The van der Waals surface area contributed by atoms with Crippen LogP contribution in [-0.4, -0.2) is 43.0 Å². The van der Waals surface area contributed by atoms with Crippen molar-refractivity contribution in [3.8, 4) is 22.8 Å². The number of hydrogen-bond donors (Lipinski definition) is 1. The first-order chi connectivity index (χ1) is 18.0. The van der Waals surface area contributed by atoms with E-state index in [1.54, 1.807) is 50.2 Å². The zero-order chi connectivity index (χ0) is 25.9. The van der Waals surface area contributed by atoms with Gasteiger partial charge in [-0.15, -0.1) is 0 Å². The third-order valence-electron chi connectivity index (χ3n) is 6.24. The molecule has 0 aliphatic carbocycles. The number of hydrogen-bond acceptors (Lipinski definition) is 6. The molecular weight excluding hydrogens is 472 g/mol. The number of para-hydroxylation sites is 1. The summed E-state index contributed by atoms with van der Waals surface area (Å²) in [7, 11) is 0. The van der Waals surface area contributed by atoms with E-state index in [0.29, 0.717) is 47.1 Å². The van der Waals surface area contributed by atoms with E-state index in [1.807, 2.05) is 30.3 Å². The van der Waals surface area contributed by atoms with Gasteiger partial charge in [0.2, 0.25) is 5.91 Å². The minimum atomic E-state index is -0.406. The smallest absolute Gasteiger partial charge is 0.258 e. The number of rotatable bonds is 6. The van der Waals surface area contributed by atoms with Crippen LogP contribution in [0.4, 0.5) is 5.69 Å². The Morgan fingerprint density at radius 1 is 0.946 bits per heavy atom. The van der Waals surface area contributed by atoms with Crippen molar-refractivity contribution in [2.24, 2.45) is 0 Å². The van der Waals surface area contributed by atoms with E-state index < -0.39 is 5.91 Å². The summed E-state index contributed by atoms with van der Waals surface area (Å²) >= 11 is 0. The molecule has 3 aromatic carbocycles. The molecule has 8 nitrogen and oxygen atoms in total. The lowest BCUT2D eigenvalue weighted by molar-refractivity contribution is -0.116. The molecule has 1 aromatic heterocycles. The van der Waals surface area contributed by atoms with Gasteiger partial charge in [-0.3, -0.25) is 14.4 Å². The largest absolute Gasteiger partial charge is 0.486 e. The summed E-state index contributed by atoms with van der Waals surface area (Å²) < 4.78 is 17.3. The van der Waals surface area contributed by atoms with Crippen molar-refractivity contribution in [2.75, 3.05) is 31.6 Å². The number of carbonyl (C=O) groups is 2. The van der Waals surface area contributed by atoms with Crippen LogP contribution in [0, 0.1) is 6.92 Å². The third kappa shape index (κ3) is 4.78. The lowest BCUT2D eigenvalue weighted by Crippen LogP contribution is -2.38. The maximum absolute atomic E-state index is 13.6. The summed E-state index contributed by atoms with van der Waals surface area (Å²) in [4.78, 5) is 41.0. The van der Waals surface area contributed by atoms with Crippen molar-refractivity contribution < 1.29 is 23.5 Å². The Bertz CT molecular complexity index is 1540. The van der Waals surface area contributed by atoms with Gasteiger partial charge in [0.15, 0.2) is 22.5 Å². The van der Waals surface area contributed by atoms with Gasteiger partial charge in [-0.25, -0.2) is 0 Å². The van der Waals surface area contributed by atoms with Gasteiger partial charge in [0.25, 0.3) is 5.91 Å². The van der Waals surface area contributed by atoms with Gasteiger partial charge in [-0.1, -0.05) is 36.4 Å². The molecule has 2 amide bonds. The molecule has 0 fully saturated rings. The molecule has 8 heteroatoms. The molecule has 0 saturated heterocycles. The van der Waals surface area contributed by atoms with Gasteiger partial charge >= 0.3 is 0 Å². The maximum Gasteiger partial charge on any atom is 0.258 e. The summed E-state index contributed by atoms with van der Waals surface area (Å²) in [5.74, 6) is 0.823. The first-order valence-electron chi connectivity index (χ1n) is 12.1. The molecule has 5 rings (SSSR count). The summed E-state index contributed by atoms with van der Waals surface area (Å²) in [5.41, 5.74) is 1.97. The van der Waals surface area contributed by atoms with Crippen LogP contribution in [0.15, 0.2) is 75.9 Å². The molecule has 2 heterocycles. The van der Waals surface area contributed by atoms with Gasteiger partial charge in [0.05, 0.1) is 10.9 Å². The highest BCUT2D eigenvalue weighted by molar-refractivity contribution is 6.06. The van der Waals surface area contributed by atoms with E-state index in [9.17, 15) is 14.4 Å². The van der Waals surface area contributed by atoms with Gasteiger partial charge in [-0.05, 0) is 38.1 Å². The SMILES string of the molecule is CCN(CC(=O)Nc1ccc2c(c1)OCCO2)C(=O)c1cccc2c(=O)c(C)c(-c3ccccc3)oc12. The highest BCUT2D eigenvalue weighted by atomic mass is 16.6. The highest BCUT2D eigenvalue weighted by Crippen LogP contribution is 2.32. The molecule has 0 spiro atoms. The second kappa shape index (κ2) is 10.2. The number of nitrogens with one attached hydrogen (secondary N) is 1. The fraction of sp³-hybridized carbons (Fsp3) is 0.207. The van der Waals surface area contributed by atoms with E-state index >= 15 is 0 Å². The molecule has 1 aliphatic rings. The minimum absolute atomic E-state index is 0.179. The summed E-state index contributed by atoms with van der Waals surface area (Å²) in [6, 6.07) is 19.3.